The number of hydrogen-bond acceptors (Lipinski definition) is 1. The van der Waals surface area contributed by atoms with Gasteiger partial charge in [-0.2, -0.15) is 0 Å². The number of carboxylic acids is 1. The first-order valence-corrected chi connectivity index (χ1v) is 4.74. The first-order valence-electron chi connectivity index (χ1n) is 4.74. The number of allylic oxidation sites excluding steroid dienone is 1. The van der Waals surface area contributed by atoms with E-state index < -0.39 is 5.97 Å². The number of aliphatic carboxylic acids is 1. The fourth-order valence-electron chi connectivity index (χ4n) is 1.24. The van der Waals surface area contributed by atoms with E-state index in [1.807, 2.05) is 37.3 Å². The first-order chi connectivity index (χ1) is 6.75. The van der Waals surface area contributed by atoms with E-state index in [1.165, 1.54) is 0 Å². The summed E-state index contributed by atoms with van der Waals surface area (Å²) < 4.78 is 0. The van der Waals surface area contributed by atoms with Gasteiger partial charge in [0.15, 0.2) is 0 Å². The average molecular weight is 190 g/mol. The summed E-state index contributed by atoms with van der Waals surface area (Å²) in [5, 5.41) is 8.99. The number of carbonyl (C=O) groups is 1. The van der Waals surface area contributed by atoms with Gasteiger partial charge in [0.05, 0.1) is 5.57 Å². The highest BCUT2D eigenvalue weighted by Crippen LogP contribution is 2.15. The van der Waals surface area contributed by atoms with Crippen LogP contribution in [0.15, 0.2) is 36.4 Å². The molecule has 1 aromatic carbocycles. The SMILES string of the molecule is CCCC=C(C(=O)O)c1ccccc1. The zero-order chi connectivity index (χ0) is 10.4. The second-order valence-electron chi connectivity index (χ2n) is 3.08. The van der Waals surface area contributed by atoms with Gasteiger partial charge in [-0.05, 0) is 12.0 Å². The lowest BCUT2D eigenvalue weighted by Gasteiger charge is -2.01. The summed E-state index contributed by atoms with van der Waals surface area (Å²) >= 11 is 0. The third-order valence-corrected chi connectivity index (χ3v) is 1.95. The Labute approximate surface area is 83.9 Å². The van der Waals surface area contributed by atoms with Crippen molar-refractivity contribution < 1.29 is 9.90 Å². The molecule has 1 rings (SSSR count). The van der Waals surface area contributed by atoms with Crippen LogP contribution in [-0.4, -0.2) is 11.1 Å². The van der Waals surface area contributed by atoms with Crippen LogP contribution in [0.1, 0.15) is 25.3 Å². The quantitative estimate of drug-likeness (QED) is 0.741. The Balaban J connectivity index is 2.95. The van der Waals surface area contributed by atoms with Gasteiger partial charge in [0.1, 0.15) is 0 Å². The molecule has 1 N–H and O–H groups in total. The molecule has 0 unspecified atom stereocenters. The van der Waals surface area contributed by atoms with Crippen molar-refractivity contribution in [2.24, 2.45) is 0 Å². The minimum atomic E-state index is -0.857. The summed E-state index contributed by atoms with van der Waals surface area (Å²) in [7, 11) is 0. The molecule has 0 heterocycles. The lowest BCUT2D eigenvalue weighted by Crippen LogP contribution is -1.99. The minimum Gasteiger partial charge on any atom is -0.478 e. The summed E-state index contributed by atoms with van der Waals surface area (Å²) in [6.45, 7) is 2.03. The maximum Gasteiger partial charge on any atom is 0.335 e. The average Bonchev–Trinajstić information content (AvgIpc) is 2.19. The Morgan fingerprint density at radius 3 is 2.50 bits per heavy atom. The monoisotopic (exact) mass is 190 g/mol. The van der Waals surface area contributed by atoms with Crippen LogP contribution in [0.2, 0.25) is 0 Å². The van der Waals surface area contributed by atoms with Crippen LogP contribution >= 0.6 is 0 Å². The van der Waals surface area contributed by atoms with E-state index in [1.54, 1.807) is 6.08 Å². The molecule has 0 bridgehead atoms. The lowest BCUT2D eigenvalue weighted by molar-refractivity contribution is -0.130. The summed E-state index contributed by atoms with van der Waals surface area (Å²) in [6, 6.07) is 9.20. The number of benzene rings is 1. The highest BCUT2D eigenvalue weighted by Gasteiger charge is 2.08. The van der Waals surface area contributed by atoms with Crippen LogP contribution in [0.25, 0.3) is 5.57 Å². The highest BCUT2D eigenvalue weighted by molar-refractivity contribution is 6.15. The van der Waals surface area contributed by atoms with Gasteiger partial charge in [0.25, 0.3) is 0 Å². The van der Waals surface area contributed by atoms with E-state index in [0.717, 1.165) is 18.4 Å². The zero-order valence-corrected chi connectivity index (χ0v) is 8.23. The highest BCUT2D eigenvalue weighted by atomic mass is 16.4. The molecule has 2 heteroatoms. The maximum absolute atomic E-state index is 10.9. The van der Waals surface area contributed by atoms with E-state index in [-0.39, 0.29) is 0 Å². The van der Waals surface area contributed by atoms with Crippen LogP contribution in [0.3, 0.4) is 0 Å². The van der Waals surface area contributed by atoms with Gasteiger partial charge in [-0.3, -0.25) is 0 Å². The predicted molar refractivity (Wildman–Crippen MR) is 57.0 cm³/mol. The third kappa shape index (κ3) is 2.73. The van der Waals surface area contributed by atoms with E-state index in [2.05, 4.69) is 0 Å². The number of unbranched alkanes of at least 4 members (excludes halogenated alkanes) is 1. The molecule has 2 nitrogen and oxygen atoms in total. The lowest BCUT2D eigenvalue weighted by atomic mass is 10.0. The summed E-state index contributed by atoms with van der Waals surface area (Å²) in [6.07, 6.45) is 3.54. The van der Waals surface area contributed by atoms with Crippen molar-refractivity contribution in [1.29, 1.82) is 0 Å². The molecule has 0 saturated heterocycles. The van der Waals surface area contributed by atoms with Crippen LogP contribution in [0.4, 0.5) is 0 Å². The first kappa shape index (κ1) is 10.5. The Kier molecular flexibility index (Phi) is 3.92. The molecule has 0 fully saturated rings. The molecular formula is C12H14O2. The normalized spacial score (nSPS) is 11.4. The largest absolute Gasteiger partial charge is 0.478 e. The van der Waals surface area contributed by atoms with E-state index in [4.69, 9.17) is 5.11 Å². The smallest absolute Gasteiger partial charge is 0.335 e. The van der Waals surface area contributed by atoms with E-state index in [0.29, 0.717) is 5.57 Å². The van der Waals surface area contributed by atoms with Gasteiger partial charge in [-0.1, -0.05) is 49.8 Å². The van der Waals surface area contributed by atoms with Gasteiger partial charge in [0, 0.05) is 0 Å². The van der Waals surface area contributed by atoms with Crippen molar-refractivity contribution in [2.75, 3.05) is 0 Å². The van der Waals surface area contributed by atoms with Gasteiger partial charge in [-0.15, -0.1) is 0 Å². The summed E-state index contributed by atoms with van der Waals surface area (Å²) in [5.74, 6) is -0.857. The minimum absolute atomic E-state index is 0.396. The number of carboxylic acid groups (broad SMARTS) is 1. The van der Waals surface area contributed by atoms with Crippen LogP contribution < -0.4 is 0 Å². The molecule has 0 amide bonds. The predicted octanol–water partition coefficient (Wildman–Crippen LogP) is 2.95. The number of hydrogen-bond donors (Lipinski definition) is 1. The van der Waals surface area contributed by atoms with E-state index in [9.17, 15) is 4.79 Å². The van der Waals surface area contributed by atoms with Crippen molar-refractivity contribution >= 4 is 11.5 Å². The fourth-order valence-corrected chi connectivity index (χ4v) is 1.24. The number of rotatable bonds is 4. The summed E-state index contributed by atoms with van der Waals surface area (Å²) in [4.78, 5) is 10.9. The van der Waals surface area contributed by atoms with Crippen LogP contribution in [-0.2, 0) is 4.79 Å². The Hall–Kier alpha value is -1.57. The second-order valence-corrected chi connectivity index (χ2v) is 3.08. The van der Waals surface area contributed by atoms with E-state index >= 15 is 0 Å². The maximum atomic E-state index is 10.9. The second kappa shape index (κ2) is 5.22. The molecule has 0 spiro atoms. The standard InChI is InChI=1S/C12H14O2/c1-2-3-9-11(12(13)14)10-7-5-4-6-8-10/h4-9H,2-3H2,1H3,(H,13,14). The van der Waals surface area contributed by atoms with Crippen molar-refractivity contribution in [1.82, 2.24) is 0 Å². The molecule has 14 heavy (non-hydrogen) atoms. The van der Waals surface area contributed by atoms with Gasteiger partial charge < -0.3 is 5.11 Å². The topological polar surface area (TPSA) is 37.3 Å². The fraction of sp³-hybridized carbons (Fsp3) is 0.250. The molecule has 0 aliphatic carbocycles. The van der Waals surface area contributed by atoms with Gasteiger partial charge in [0.2, 0.25) is 0 Å². The molecule has 0 radical (unpaired) electrons. The third-order valence-electron chi connectivity index (χ3n) is 1.95. The molecule has 0 saturated carbocycles. The van der Waals surface area contributed by atoms with Crippen molar-refractivity contribution in [3.63, 3.8) is 0 Å². The molecule has 74 valence electrons. The van der Waals surface area contributed by atoms with Gasteiger partial charge in [-0.25, -0.2) is 4.79 Å². The zero-order valence-electron chi connectivity index (χ0n) is 8.23. The summed E-state index contributed by atoms with van der Waals surface area (Å²) in [5.41, 5.74) is 1.17. The Morgan fingerprint density at radius 1 is 1.36 bits per heavy atom. The molecule has 1 aromatic rings. The molecule has 0 aliphatic heterocycles. The Morgan fingerprint density at radius 2 is 2.00 bits per heavy atom. The Bertz CT molecular complexity index is 325. The molecule has 0 atom stereocenters. The van der Waals surface area contributed by atoms with Crippen molar-refractivity contribution in [3.8, 4) is 0 Å². The molecular weight excluding hydrogens is 176 g/mol. The van der Waals surface area contributed by atoms with Crippen molar-refractivity contribution in [2.45, 2.75) is 19.8 Å². The van der Waals surface area contributed by atoms with Crippen LogP contribution in [0, 0.1) is 0 Å². The van der Waals surface area contributed by atoms with Crippen molar-refractivity contribution in [3.05, 3.63) is 42.0 Å². The molecule has 0 aromatic heterocycles. The van der Waals surface area contributed by atoms with Gasteiger partial charge >= 0.3 is 5.97 Å². The molecule has 0 aliphatic rings. The van der Waals surface area contributed by atoms with Crippen LogP contribution in [0.5, 0.6) is 0 Å².